The van der Waals surface area contributed by atoms with E-state index in [9.17, 15) is 4.79 Å². The molecule has 0 aromatic carbocycles. The molecule has 0 radical (unpaired) electrons. The number of thiophene rings is 1. The van der Waals surface area contributed by atoms with E-state index in [1.54, 1.807) is 11.3 Å². The van der Waals surface area contributed by atoms with Gasteiger partial charge in [-0.05, 0) is 30.4 Å². The molecular formula is C11H13NOS. The van der Waals surface area contributed by atoms with Crippen LogP contribution in [0.15, 0.2) is 22.3 Å². The number of aromatic nitrogens is 1. The van der Waals surface area contributed by atoms with E-state index in [2.05, 4.69) is 18.0 Å². The number of hydrogen-bond donors (Lipinski definition) is 1. The topological polar surface area (TPSA) is 32.9 Å². The van der Waals surface area contributed by atoms with Crippen LogP contribution in [0.4, 0.5) is 0 Å². The molecule has 0 fully saturated rings. The number of pyridine rings is 1. The number of hydrogen-bond acceptors (Lipinski definition) is 2. The minimum atomic E-state index is 0.0508. The fourth-order valence-corrected chi connectivity index (χ4v) is 2.38. The van der Waals surface area contributed by atoms with Crippen LogP contribution in [0.1, 0.15) is 25.5 Å². The number of rotatable bonds is 3. The van der Waals surface area contributed by atoms with Crippen LogP contribution < -0.4 is 5.56 Å². The van der Waals surface area contributed by atoms with Crippen molar-refractivity contribution in [3.8, 4) is 0 Å². The van der Waals surface area contributed by atoms with Gasteiger partial charge in [0.15, 0.2) is 0 Å². The lowest BCUT2D eigenvalue weighted by Gasteiger charge is -1.99. The molecule has 0 aliphatic rings. The van der Waals surface area contributed by atoms with Crippen LogP contribution in [0, 0.1) is 0 Å². The zero-order valence-electron chi connectivity index (χ0n) is 8.17. The Hall–Kier alpha value is -1.09. The van der Waals surface area contributed by atoms with Gasteiger partial charge in [0.05, 0.1) is 5.39 Å². The Labute approximate surface area is 86.6 Å². The van der Waals surface area contributed by atoms with Crippen LogP contribution in [0.5, 0.6) is 0 Å². The number of H-pyrrole nitrogens is 1. The molecule has 1 N–H and O–H groups in total. The fraction of sp³-hybridized carbons (Fsp3) is 0.364. The number of unbranched alkanes of at least 4 members (excludes halogenated alkanes) is 1. The van der Waals surface area contributed by atoms with E-state index in [1.165, 1.54) is 0 Å². The minimum Gasteiger partial charge on any atom is -0.326 e. The van der Waals surface area contributed by atoms with Crippen LogP contribution in [-0.2, 0) is 6.42 Å². The van der Waals surface area contributed by atoms with Crippen molar-refractivity contribution in [2.45, 2.75) is 26.2 Å². The van der Waals surface area contributed by atoms with Gasteiger partial charge in [0.1, 0.15) is 0 Å². The van der Waals surface area contributed by atoms with E-state index in [1.807, 2.05) is 11.4 Å². The summed E-state index contributed by atoms with van der Waals surface area (Å²) in [6.45, 7) is 2.15. The third-order valence-electron chi connectivity index (χ3n) is 2.32. The van der Waals surface area contributed by atoms with Gasteiger partial charge in [-0.3, -0.25) is 4.79 Å². The zero-order valence-corrected chi connectivity index (χ0v) is 8.99. The van der Waals surface area contributed by atoms with Crippen molar-refractivity contribution in [1.82, 2.24) is 4.98 Å². The Morgan fingerprint density at radius 3 is 3.14 bits per heavy atom. The molecule has 0 aliphatic carbocycles. The molecule has 14 heavy (non-hydrogen) atoms. The molecule has 3 heteroatoms. The third kappa shape index (κ3) is 1.73. The van der Waals surface area contributed by atoms with Crippen molar-refractivity contribution in [3.05, 3.63) is 33.6 Å². The van der Waals surface area contributed by atoms with Gasteiger partial charge >= 0.3 is 0 Å². The summed E-state index contributed by atoms with van der Waals surface area (Å²) < 4.78 is 1.10. The highest BCUT2D eigenvalue weighted by atomic mass is 32.1. The summed E-state index contributed by atoms with van der Waals surface area (Å²) in [4.78, 5) is 14.5. The molecule has 74 valence electrons. The molecule has 2 heterocycles. The quantitative estimate of drug-likeness (QED) is 0.824. The van der Waals surface area contributed by atoms with Gasteiger partial charge < -0.3 is 4.98 Å². The average molecular weight is 207 g/mol. The van der Waals surface area contributed by atoms with Crippen molar-refractivity contribution < 1.29 is 0 Å². The fourth-order valence-electron chi connectivity index (χ4n) is 1.53. The number of nitrogens with one attached hydrogen (secondary N) is 1. The van der Waals surface area contributed by atoms with E-state index >= 15 is 0 Å². The monoisotopic (exact) mass is 207 g/mol. The Bertz CT molecular complexity index is 483. The lowest BCUT2D eigenvalue weighted by Crippen LogP contribution is -2.07. The van der Waals surface area contributed by atoms with Crippen molar-refractivity contribution >= 4 is 21.4 Å². The van der Waals surface area contributed by atoms with Crippen LogP contribution >= 0.6 is 11.3 Å². The molecular weight excluding hydrogens is 194 g/mol. The second-order valence-corrected chi connectivity index (χ2v) is 4.37. The van der Waals surface area contributed by atoms with Crippen LogP contribution in [0.25, 0.3) is 10.1 Å². The Morgan fingerprint density at radius 1 is 1.50 bits per heavy atom. The summed E-state index contributed by atoms with van der Waals surface area (Å²) >= 11 is 1.63. The lowest BCUT2D eigenvalue weighted by atomic mass is 10.2. The SMILES string of the molecule is CCCCc1cc2sccc2c(=O)[nH]1. The van der Waals surface area contributed by atoms with E-state index in [0.29, 0.717) is 0 Å². The number of aryl methyl sites for hydroxylation is 1. The molecule has 2 aromatic heterocycles. The van der Waals surface area contributed by atoms with Crippen molar-refractivity contribution in [2.24, 2.45) is 0 Å². The lowest BCUT2D eigenvalue weighted by molar-refractivity contribution is 0.776. The van der Waals surface area contributed by atoms with E-state index in [-0.39, 0.29) is 5.56 Å². The standard InChI is InChI=1S/C11H13NOS/c1-2-3-4-8-7-10-9(5-6-14-10)11(13)12-8/h5-7H,2-4H2,1H3,(H,12,13). The van der Waals surface area contributed by atoms with Crippen molar-refractivity contribution in [1.29, 1.82) is 0 Å². The molecule has 2 nitrogen and oxygen atoms in total. The molecule has 0 saturated heterocycles. The van der Waals surface area contributed by atoms with Gasteiger partial charge in [-0.15, -0.1) is 11.3 Å². The maximum atomic E-state index is 11.6. The molecule has 0 aliphatic heterocycles. The van der Waals surface area contributed by atoms with Crippen LogP contribution in [0.2, 0.25) is 0 Å². The highest BCUT2D eigenvalue weighted by Gasteiger charge is 2.02. The molecule has 0 atom stereocenters. The molecule has 2 aromatic rings. The maximum Gasteiger partial charge on any atom is 0.256 e. The zero-order chi connectivity index (χ0) is 9.97. The predicted octanol–water partition coefficient (Wildman–Crippen LogP) is 2.93. The first-order valence-electron chi connectivity index (χ1n) is 4.90. The maximum absolute atomic E-state index is 11.6. The van der Waals surface area contributed by atoms with E-state index < -0.39 is 0 Å². The highest BCUT2D eigenvalue weighted by Crippen LogP contribution is 2.17. The summed E-state index contributed by atoms with van der Waals surface area (Å²) in [6, 6.07) is 3.97. The normalized spacial score (nSPS) is 10.9. The molecule has 2 rings (SSSR count). The molecule has 0 bridgehead atoms. The van der Waals surface area contributed by atoms with Crippen molar-refractivity contribution in [2.75, 3.05) is 0 Å². The molecule has 0 saturated carbocycles. The van der Waals surface area contributed by atoms with Gasteiger partial charge in [-0.1, -0.05) is 13.3 Å². The average Bonchev–Trinajstić information content (AvgIpc) is 2.63. The van der Waals surface area contributed by atoms with E-state index in [0.717, 1.165) is 35.0 Å². The predicted molar refractivity (Wildman–Crippen MR) is 61.1 cm³/mol. The van der Waals surface area contributed by atoms with Gasteiger partial charge in [-0.2, -0.15) is 0 Å². The van der Waals surface area contributed by atoms with Gasteiger partial charge in [0.25, 0.3) is 5.56 Å². The van der Waals surface area contributed by atoms with Gasteiger partial charge in [0, 0.05) is 10.4 Å². The van der Waals surface area contributed by atoms with Gasteiger partial charge in [0.2, 0.25) is 0 Å². The number of fused-ring (bicyclic) bond motifs is 1. The van der Waals surface area contributed by atoms with Crippen LogP contribution in [-0.4, -0.2) is 4.98 Å². The van der Waals surface area contributed by atoms with E-state index in [4.69, 9.17) is 0 Å². The smallest absolute Gasteiger partial charge is 0.256 e. The molecule has 0 amide bonds. The Balaban J connectivity index is 2.43. The second kappa shape index (κ2) is 3.96. The summed E-state index contributed by atoms with van der Waals surface area (Å²) in [5.74, 6) is 0. The van der Waals surface area contributed by atoms with Crippen molar-refractivity contribution in [3.63, 3.8) is 0 Å². The first-order chi connectivity index (χ1) is 6.81. The Kier molecular flexibility index (Phi) is 2.68. The summed E-state index contributed by atoms with van der Waals surface area (Å²) in [7, 11) is 0. The largest absolute Gasteiger partial charge is 0.326 e. The number of aromatic amines is 1. The van der Waals surface area contributed by atoms with Gasteiger partial charge in [-0.25, -0.2) is 0 Å². The highest BCUT2D eigenvalue weighted by molar-refractivity contribution is 7.17. The summed E-state index contributed by atoms with van der Waals surface area (Å²) in [5.41, 5.74) is 1.11. The summed E-state index contributed by atoms with van der Waals surface area (Å²) in [6.07, 6.45) is 3.26. The Morgan fingerprint density at radius 2 is 2.36 bits per heavy atom. The summed E-state index contributed by atoms with van der Waals surface area (Å²) in [5, 5.41) is 2.78. The third-order valence-corrected chi connectivity index (χ3v) is 3.18. The second-order valence-electron chi connectivity index (χ2n) is 3.43. The molecule has 0 unspecified atom stereocenters. The first-order valence-corrected chi connectivity index (χ1v) is 5.78. The molecule has 0 spiro atoms. The first kappa shape index (κ1) is 9.46. The van der Waals surface area contributed by atoms with Crippen LogP contribution in [0.3, 0.4) is 0 Å². The minimum absolute atomic E-state index is 0.0508.